The highest BCUT2D eigenvalue weighted by atomic mass is 16.5. The van der Waals surface area contributed by atoms with Gasteiger partial charge in [-0.15, -0.1) is 0 Å². The Bertz CT molecular complexity index is 778. The number of nitrogens with one attached hydrogen (secondary N) is 1. The zero-order valence-electron chi connectivity index (χ0n) is 13.5. The third-order valence-electron chi connectivity index (χ3n) is 3.91. The van der Waals surface area contributed by atoms with Crippen molar-refractivity contribution < 1.29 is 4.74 Å². The van der Waals surface area contributed by atoms with E-state index in [1.54, 1.807) is 7.11 Å². The Hall–Kier alpha value is -2.74. The SMILES string of the molecule is COc1cccc(-c2ccccc2NCc2ccc(C)cc2)c1. The number of para-hydroxylation sites is 1. The maximum Gasteiger partial charge on any atom is 0.119 e. The Balaban J connectivity index is 1.84. The van der Waals surface area contributed by atoms with E-state index >= 15 is 0 Å². The molecule has 2 nitrogen and oxygen atoms in total. The van der Waals surface area contributed by atoms with Gasteiger partial charge in [0, 0.05) is 17.8 Å². The summed E-state index contributed by atoms with van der Waals surface area (Å²) in [4.78, 5) is 0. The summed E-state index contributed by atoms with van der Waals surface area (Å²) < 4.78 is 5.34. The third-order valence-corrected chi connectivity index (χ3v) is 3.91. The van der Waals surface area contributed by atoms with Gasteiger partial charge in [-0.2, -0.15) is 0 Å². The van der Waals surface area contributed by atoms with Crippen LogP contribution in [0.4, 0.5) is 5.69 Å². The maximum atomic E-state index is 5.34. The minimum Gasteiger partial charge on any atom is -0.497 e. The van der Waals surface area contributed by atoms with E-state index in [9.17, 15) is 0 Å². The van der Waals surface area contributed by atoms with Crippen LogP contribution in [-0.2, 0) is 6.54 Å². The van der Waals surface area contributed by atoms with Crippen molar-refractivity contribution in [3.05, 3.63) is 83.9 Å². The second kappa shape index (κ2) is 7.01. The minimum atomic E-state index is 0.807. The molecule has 0 aliphatic rings. The van der Waals surface area contributed by atoms with Crippen LogP contribution in [0.15, 0.2) is 72.8 Å². The molecule has 0 fully saturated rings. The van der Waals surface area contributed by atoms with Crippen LogP contribution in [0.5, 0.6) is 5.75 Å². The largest absolute Gasteiger partial charge is 0.497 e. The number of ether oxygens (including phenoxy) is 1. The Morgan fingerprint density at radius 2 is 1.65 bits per heavy atom. The zero-order chi connectivity index (χ0) is 16.1. The van der Waals surface area contributed by atoms with Gasteiger partial charge in [-0.05, 0) is 36.2 Å². The predicted molar refractivity (Wildman–Crippen MR) is 96.9 cm³/mol. The molecule has 0 aromatic heterocycles. The number of anilines is 1. The molecule has 0 radical (unpaired) electrons. The highest BCUT2D eigenvalue weighted by Gasteiger charge is 2.05. The van der Waals surface area contributed by atoms with Crippen LogP contribution >= 0.6 is 0 Å². The molecule has 0 aliphatic heterocycles. The second-order valence-electron chi connectivity index (χ2n) is 5.62. The summed E-state index contributed by atoms with van der Waals surface area (Å²) >= 11 is 0. The quantitative estimate of drug-likeness (QED) is 0.692. The lowest BCUT2D eigenvalue weighted by Crippen LogP contribution is -2.01. The predicted octanol–water partition coefficient (Wildman–Crippen LogP) is 5.28. The summed E-state index contributed by atoms with van der Waals surface area (Å²) in [5.74, 6) is 0.871. The summed E-state index contributed by atoms with van der Waals surface area (Å²) in [5.41, 5.74) is 6.01. The van der Waals surface area contributed by atoms with Crippen molar-refractivity contribution in [2.45, 2.75) is 13.5 Å². The van der Waals surface area contributed by atoms with Crippen molar-refractivity contribution in [2.75, 3.05) is 12.4 Å². The molecule has 0 bridgehead atoms. The fourth-order valence-electron chi connectivity index (χ4n) is 2.58. The standard InChI is InChI=1S/C21H21NO/c1-16-10-12-17(13-11-16)15-22-21-9-4-3-8-20(21)18-6-5-7-19(14-18)23-2/h3-14,22H,15H2,1-2H3. The molecule has 1 N–H and O–H groups in total. The normalized spacial score (nSPS) is 10.3. The number of methoxy groups -OCH3 is 1. The molecule has 3 aromatic carbocycles. The third kappa shape index (κ3) is 3.72. The molecular weight excluding hydrogens is 282 g/mol. The molecule has 0 saturated heterocycles. The van der Waals surface area contributed by atoms with E-state index in [4.69, 9.17) is 4.74 Å². The van der Waals surface area contributed by atoms with Gasteiger partial charge in [0.05, 0.1) is 7.11 Å². The fraction of sp³-hybridized carbons (Fsp3) is 0.143. The van der Waals surface area contributed by atoms with Crippen LogP contribution in [-0.4, -0.2) is 7.11 Å². The van der Waals surface area contributed by atoms with Crippen LogP contribution in [0.2, 0.25) is 0 Å². The molecule has 3 aromatic rings. The van der Waals surface area contributed by atoms with E-state index in [1.807, 2.05) is 12.1 Å². The van der Waals surface area contributed by atoms with Crippen LogP contribution in [0.1, 0.15) is 11.1 Å². The van der Waals surface area contributed by atoms with Gasteiger partial charge in [0.15, 0.2) is 0 Å². The van der Waals surface area contributed by atoms with Crippen molar-refractivity contribution >= 4 is 5.69 Å². The van der Waals surface area contributed by atoms with E-state index in [0.717, 1.165) is 23.5 Å². The Morgan fingerprint density at radius 1 is 0.870 bits per heavy atom. The first-order valence-electron chi connectivity index (χ1n) is 7.79. The second-order valence-corrected chi connectivity index (χ2v) is 5.62. The minimum absolute atomic E-state index is 0.807. The summed E-state index contributed by atoms with van der Waals surface area (Å²) in [5, 5.41) is 3.54. The highest BCUT2D eigenvalue weighted by Crippen LogP contribution is 2.30. The lowest BCUT2D eigenvalue weighted by Gasteiger charge is -2.13. The lowest BCUT2D eigenvalue weighted by molar-refractivity contribution is 0.415. The lowest BCUT2D eigenvalue weighted by atomic mass is 10.0. The van der Waals surface area contributed by atoms with E-state index in [-0.39, 0.29) is 0 Å². The van der Waals surface area contributed by atoms with Gasteiger partial charge in [-0.1, -0.05) is 60.2 Å². The average Bonchev–Trinajstić information content (AvgIpc) is 2.61. The Kier molecular flexibility index (Phi) is 4.62. The molecule has 3 rings (SSSR count). The van der Waals surface area contributed by atoms with Gasteiger partial charge >= 0.3 is 0 Å². The molecule has 0 amide bonds. The average molecular weight is 303 g/mol. The van der Waals surface area contributed by atoms with Gasteiger partial charge in [0.25, 0.3) is 0 Å². The number of benzene rings is 3. The molecule has 116 valence electrons. The molecule has 23 heavy (non-hydrogen) atoms. The molecule has 0 unspecified atom stereocenters. The van der Waals surface area contributed by atoms with E-state index < -0.39 is 0 Å². The number of aryl methyl sites for hydroxylation is 1. The first-order valence-corrected chi connectivity index (χ1v) is 7.79. The van der Waals surface area contributed by atoms with Crippen molar-refractivity contribution in [3.63, 3.8) is 0 Å². The van der Waals surface area contributed by atoms with Crippen molar-refractivity contribution in [1.82, 2.24) is 0 Å². The van der Waals surface area contributed by atoms with E-state index in [2.05, 4.69) is 72.9 Å². The topological polar surface area (TPSA) is 21.3 Å². The first-order chi connectivity index (χ1) is 11.3. The summed E-state index contributed by atoms with van der Waals surface area (Å²) in [6.45, 7) is 2.91. The smallest absolute Gasteiger partial charge is 0.119 e. The Morgan fingerprint density at radius 3 is 2.43 bits per heavy atom. The Labute approximate surface area is 137 Å². The summed E-state index contributed by atoms with van der Waals surface area (Å²) in [6, 6.07) is 25.1. The fourth-order valence-corrected chi connectivity index (χ4v) is 2.58. The molecule has 0 saturated carbocycles. The molecule has 0 heterocycles. The number of hydrogen-bond donors (Lipinski definition) is 1. The van der Waals surface area contributed by atoms with Crippen LogP contribution in [0.25, 0.3) is 11.1 Å². The molecule has 2 heteroatoms. The van der Waals surface area contributed by atoms with Crippen molar-refractivity contribution in [1.29, 1.82) is 0 Å². The van der Waals surface area contributed by atoms with Crippen molar-refractivity contribution in [2.24, 2.45) is 0 Å². The molecule has 0 aliphatic carbocycles. The number of rotatable bonds is 5. The van der Waals surface area contributed by atoms with Crippen LogP contribution < -0.4 is 10.1 Å². The first kappa shape index (κ1) is 15.2. The van der Waals surface area contributed by atoms with Gasteiger partial charge in [-0.3, -0.25) is 0 Å². The van der Waals surface area contributed by atoms with Crippen molar-refractivity contribution in [3.8, 4) is 16.9 Å². The van der Waals surface area contributed by atoms with Gasteiger partial charge in [0.1, 0.15) is 5.75 Å². The van der Waals surface area contributed by atoms with E-state index in [1.165, 1.54) is 16.7 Å². The van der Waals surface area contributed by atoms with Crippen LogP contribution in [0, 0.1) is 6.92 Å². The maximum absolute atomic E-state index is 5.34. The highest BCUT2D eigenvalue weighted by molar-refractivity contribution is 5.78. The monoisotopic (exact) mass is 303 g/mol. The van der Waals surface area contributed by atoms with Crippen LogP contribution in [0.3, 0.4) is 0 Å². The zero-order valence-corrected chi connectivity index (χ0v) is 13.5. The molecule has 0 spiro atoms. The molecule has 0 atom stereocenters. The molecular formula is C21H21NO. The summed E-state index contributed by atoms with van der Waals surface area (Å²) in [6.07, 6.45) is 0. The van der Waals surface area contributed by atoms with E-state index in [0.29, 0.717) is 0 Å². The number of hydrogen-bond acceptors (Lipinski definition) is 2. The summed E-state index contributed by atoms with van der Waals surface area (Å²) in [7, 11) is 1.70. The van der Waals surface area contributed by atoms with Gasteiger partial charge in [0.2, 0.25) is 0 Å². The van der Waals surface area contributed by atoms with Gasteiger partial charge < -0.3 is 10.1 Å². The van der Waals surface area contributed by atoms with Gasteiger partial charge in [-0.25, -0.2) is 0 Å².